The number of nitrogens with one attached hydrogen (secondary N) is 2. The number of nitrogens with zero attached hydrogens (tertiary/aromatic N) is 2. The lowest BCUT2D eigenvalue weighted by atomic mass is 10.2. The quantitative estimate of drug-likeness (QED) is 0.763. The number of aromatic nitrogens is 2. The van der Waals surface area contributed by atoms with Gasteiger partial charge in [0.05, 0.1) is 11.1 Å². The summed E-state index contributed by atoms with van der Waals surface area (Å²) in [6.45, 7) is 2.00. The normalized spacial score (nSPS) is 10.2. The molecule has 0 aliphatic heterocycles. The summed E-state index contributed by atoms with van der Waals surface area (Å²) >= 11 is 1.34. The number of rotatable bonds is 3. The summed E-state index contributed by atoms with van der Waals surface area (Å²) in [7, 11) is 0. The number of carbonyl (C=O) groups excluding carboxylic acids is 1. The van der Waals surface area contributed by atoms with E-state index in [4.69, 9.17) is 0 Å². The third-order valence-corrected chi connectivity index (χ3v) is 3.81. The van der Waals surface area contributed by atoms with Crippen LogP contribution in [0.4, 0.5) is 16.2 Å². The van der Waals surface area contributed by atoms with Crippen molar-refractivity contribution < 1.29 is 4.79 Å². The van der Waals surface area contributed by atoms with E-state index < -0.39 is 0 Å². The molecule has 2 amide bonds. The monoisotopic (exact) mass is 310 g/mol. The van der Waals surface area contributed by atoms with Gasteiger partial charge in [-0.2, -0.15) is 0 Å². The third-order valence-electron chi connectivity index (χ3n) is 3.10. The molecule has 1 heterocycles. The summed E-state index contributed by atoms with van der Waals surface area (Å²) < 4.78 is 3.83. The lowest BCUT2D eigenvalue weighted by Crippen LogP contribution is -2.19. The SMILES string of the molecule is Cc1ccc(NC(=O)Nc2ccc(-c3cnns3)cc2)cc1. The number of benzene rings is 2. The topological polar surface area (TPSA) is 66.9 Å². The zero-order valence-corrected chi connectivity index (χ0v) is 12.7. The number of anilines is 2. The number of carbonyl (C=O) groups is 1. The first kappa shape index (κ1) is 14.2. The van der Waals surface area contributed by atoms with Crippen LogP contribution >= 0.6 is 11.5 Å². The minimum absolute atomic E-state index is 0.268. The van der Waals surface area contributed by atoms with E-state index in [9.17, 15) is 4.79 Å². The standard InChI is InChI=1S/C16H14N4OS/c1-11-2-6-13(7-3-11)18-16(21)19-14-8-4-12(5-9-14)15-10-17-20-22-15/h2-10H,1H3,(H2,18,19,21). The van der Waals surface area contributed by atoms with Crippen LogP contribution in [0.3, 0.4) is 0 Å². The van der Waals surface area contributed by atoms with Crippen molar-refractivity contribution in [2.75, 3.05) is 10.6 Å². The maximum Gasteiger partial charge on any atom is 0.323 e. The van der Waals surface area contributed by atoms with Crippen molar-refractivity contribution in [2.24, 2.45) is 0 Å². The summed E-state index contributed by atoms with van der Waals surface area (Å²) in [5, 5.41) is 9.40. The molecule has 0 aliphatic rings. The predicted molar refractivity (Wildman–Crippen MR) is 89.2 cm³/mol. The maximum atomic E-state index is 11.9. The second-order valence-electron chi connectivity index (χ2n) is 4.80. The average molecular weight is 310 g/mol. The molecule has 3 rings (SSSR count). The highest BCUT2D eigenvalue weighted by Gasteiger charge is 2.04. The van der Waals surface area contributed by atoms with Crippen LogP contribution in [0.5, 0.6) is 0 Å². The molecule has 0 saturated heterocycles. The van der Waals surface area contributed by atoms with Crippen LogP contribution in [-0.2, 0) is 0 Å². The van der Waals surface area contributed by atoms with Crippen LogP contribution in [0.15, 0.2) is 54.7 Å². The Morgan fingerprint density at radius 2 is 1.55 bits per heavy atom. The molecule has 0 aliphatic carbocycles. The zero-order valence-electron chi connectivity index (χ0n) is 11.9. The van der Waals surface area contributed by atoms with E-state index in [2.05, 4.69) is 20.2 Å². The number of hydrogen-bond donors (Lipinski definition) is 2. The van der Waals surface area contributed by atoms with Crippen molar-refractivity contribution in [3.05, 3.63) is 60.3 Å². The largest absolute Gasteiger partial charge is 0.323 e. The predicted octanol–water partition coefficient (Wildman–Crippen LogP) is 4.16. The van der Waals surface area contributed by atoms with Gasteiger partial charge in [-0.15, -0.1) is 5.10 Å². The Hall–Kier alpha value is -2.73. The van der Waals surface area contributed by atoms with E-state index in [0.717, 1.165) is 27.4 Å². The van der Waals surface area contributed by atoms with E-state index in [1.807, 2.05) is 55.5 Å². The molecule has 1 aromatic heterocycles. The molecule has 0 radical (unpaired) electrons. The first-order chi connectivity index (χ1) is 10.7. The minimum atomic E-state index is -0.268. The highest BCUT2D eigenvalue weighted by atomic mass is 32.1. The van der Waals surface area contributed by atoms with Crippen molar-refractivity contribution >= 4 is 28.9 Å². The Balaban J connectivity index is 1.63. The Morgan fingerprint density at radius 3 is 2.09 bits per heavy atom. The van der Waals surface area contributed by atoms with Gasteiger partial charge in [0, 0.05) is 11.4 Å². The zero-order chi connectivity index (χ0) is 15.4. The van der Waals surface area contributed by atoms with Crippen LogP contribution in [0.2, 0.25) is 0 Å². The number of hydrogen-bond acceptors (Lipinski definition) is 4. The van der Waals surface area contributed by atoms with Crippen LogP contribution < -0.4 is 10.6 Å². The van der Waals surface area contributed by atoms with Gasteiger partial charge in [-0.05, 0) is 48.3 Å². The molecule has 0 bridgehead atoms. The first-order valence-corrected chi connectivity index (χ1v) is 7.50. The van der Waals surface area contributed by atoms with Gasteiger partial charge in [0.1, 0.15) is 0 Å². The van der Waals surface area contributed by atoms with Crippen LogP contribution in [0.1, 0.15) is 5.56 Å². The molecule has 0 unspecified atom stereocenters. The average Bonchev–Trinajstić information content (AvgIpc) is 3.05. The van der Waals surface area contributed by atoms with Crippen molar-refractivity contribution in [1.29, 1.82) is 0 Å². The molecule has 0 fully saturated rings. The minimum Gasteiger partial charge on any atom is -0.308 e. The molecule has 0 atom stereocenters. The second kappa shape index (κ2) is 6.36. The van der Waals surface area contributed by atoms with Crippen molar-refractivity contribution in [2.45, 2.75) is 6.92 Å². The van der Waals surface area contributed by atoms with Crippen LogP contribution in [-0.4, -0.2) is 15.6 Å². The van der Waals surface area contributed by atoms with E-state index >= 15 is 0 Å². The molecule has 0 saturated carbocycles. The molecule has 0 spiro atoms. The van der Waals surface area contributed by atoms with E-state index in [1.165, 1.54) is 11.5 Å². The molecule has 2 aromatic carbocycles. The smallest absolute Gasteiger partial charge is 0.308 e. The Kier molecular flexibility index (Phi) is 4.11. The van der Waals surface area contributed by atoms with Gasteiger partial charge in [0.25, 0.3) is 0 Å². The summed E-state index contributed by atoms with van der Waals surface area (Å²) in [5.41, 5.74) is 3.67. The highest BCUT2D eigenvalue weighted by molar-refractivity contribution is 7.09. The van der Waals surface area contributed by atoms with Crippen molar-refractivity contribution in [3.8, 4) is 10.4 Å². The Morgan fingerprint density at radius 1 is 0.955 bits per heavy atom. The highest BCUT2D eigenvalue weighted by Crippen LogP contribution is 2.23. The summed E-state index contributed by atoms with van der Waals surface area (Å²) in [6, 6.07) is 14.9. The lowest BCUT2D eigenvalue weighted by molar-refractivity contribution is 0.262. The maximum absolute atomic E-state index is 11.9. The Labute approximate surface area is 132 Å². The number of amides is 2. The first-order valence-electron chi connectivity index (χ1n) is 6.73. The fraction of sp³-hybridized carbons (Fsp3) is 0.0625. The summed E-state index contributed by atoms with van der Waals surface area (Å²) in [6.07, 6.45) is 1.72. The molecule has 2 N–H and O–H groups in total. The number of aryl methyl sites for hydroxylation is 1. The van der Waals surface area contributed by atoms with E-state index in [0.29, 0.717) is 0 Å². The van der Waals surface area contributed by atoms with Crippen LogP contribution in [0, 0.1) is 6.92 Å². The van der Waals surface area contributed by atoms with Gasteiger partial charge in [-0.3, -0.25) is 0 Å². The van der Waals surface area contributed by atoms with Crippen molar-refractivity contribution in [3.63, 3.8) is 0 Å². The molecule has 110 valence electrons. The molecule has 22 heavy (non-hydrogen) atoms. The van der Waals surface area contributed by atoms with Gasteiger partial charge < -0.3 is 10.6 Å². The molecule has 3 aromatic rings. The van der Waals surface area contributed by atoms with E-state index in [-0.39, 0.29) is 6.03 Å². The van der Waals surface area contributed by atoms with Gasteiger partial charge in [0.2, 0.25) is 0 Å². The van der Waals surface area contributed by atoms with E-state index in [1.54, 1.807) is 6.20 Å². The molecular weight excluding hydrogens is 296 g/mol. The molecule has 5 nitrogen and oxygen atoms in total. The second-order valence-corrected chi connectivity index (χ2v) is 5.59. The van der Waals surface area contributed by atoms with Gasteiger partial charge >= 0.3 is 6.03 Å². The molecule has 6 heteroatoms. The van der Waals surface area contributed by atoms with Crippen molar-refractivity contribution in [1.82, 2.24) is 9.59 Å². The van der Waals surface area contributed by atoms with Crippen LogP contribution in [0.25, 0.3) is 10.4 Å². The lowest BCUT2D eigenvalue weighted by Gasteiger charge is -2.08. The Bertz CT molecular complexity index is 752. The third kappa shape index (κ3) is 3.48. The molecular formula is C16H14N4OS. The van der Waals surface area contributed by atoms with Gasteiger partial charge in [0.15, 0.2) is 0 Å². The summed E-state index contributed by atoms with van der Waals surface area (Å²) in [5.74, 6) is 0. The fourth-order valence-electron chi connectivity index (χ4n) is 1.94. The summed E-state index contributed by atoms with van der Waals surface area (Å²) in [4.78, 5) is 12.9. The fourth-order valence-corrected chi connectivity index (χ4v) is 2.46. The van der Waals surface area contributed by atoms with Gasteiger partial charge in [-0.1, -0.05) is 34.3 Å². The number of urea groups is 1. The van der Waals surface area contributed by atoms with Gasteiger partial charge in [-0.25, -0.2) is 4.79 Å².